The van der Waals surface area contributed by atoms with E-state index in [0.717, 1.165) is 9.78 Å². The standard InChI is InChI=1S/C21H29NO7S/c1-21(2,3)29-20(26)22-11-10-13(12-15(17(22)23)18(24)27-4)6-7-14-8-9-16(30-14)19(25)28-5/h8-9,13,15H,6-7,10-12H2,1-5H3. The van der Waals surface area contributed by atoms with Crippen LogP contribution in [0.2, 0.25) is 0 Å². The first-order chi connectivity index (χ1) is 14.1. The lowest BCUT2D eigenvalue weighted by Crippen LogP contribution is -2.44. The Morgan fingerprint density at radius 2 is 1.87 bits per heavy atom. The van der Waals surface area contributed by atoms with Crippen molar-refractivity contribution < 1.29 is 33.4 Å². The maximum atomic E-state index is 12.9. The van der Waals surface area contributed by atoms with Crippen LogP contribution in [0.4, 0.5) is 4.79 Å². The van der Waals surface area contributed by atoms with Crippen LogP contribution in [0, 0.1) is 11.8 Å². The molecule has 2 atom stereocenters. The van der Waals surface area contributed by atoms with E-state index in [1.165, 1.54) is 25.6 Å². The number of imide groups is 1. The number of esters is 2. The van der Waals surface area contributed by atoms with Gasteiger partial charge < -0.3 is 14.2 Å². The first-order valence-corrected chi connectivity index (χ1v) is 10.7. The molecule has 8 nitrogen and oxygen atoms in total. The Morgan fingerprint density at radius 1 is 1.17 bits per heavy atom. The number of amides is 2. The molecule has 2 unspecified atom stereocenters. The number of ether oxygens (including phenoxy) is 3. The summed E-state index contributed by atoms with van der Waals surface area (Å²) in [6, 6.07) is 3.60. The fourth-order valence-electron chi connectivity index (χ4n) is 3.33. The summed E-state index contributed by atoms with van der Waals surface area (Å²) in [6.07, 6.45) is 1.53. The van der Waals surface area contributed by atoms with Gasteiger partial charge in [-0.1, -0.05) is 0 Å². The van der Waals surface area contributed by atoms with E-state index < -0.39 is 29.5 Å². The minimum absolute atomic E-state index is 0.0363. The predicted molar refractivity (Wildman–Crippen MR) is 110 cm³/mol. The van der Waals surface area contributed by atoms with Crippen molar-refractivity contribution in [1.29, 1.82) is 0 Å². The molecule has 2 amide bonds. The Kier molecular flexibility index (Phi) is 8.00. The van der Waals surface area contributed by atoms with E-state index in [1.54, 1.807) is 26.8 Å². The zero-order valence-corrected chi connectivity index (χ0v) is 18.9. The van der Waals surface area contributed by atoms with Crippen molar-refractivity contribution in [2.75, 3.05) is 20.8 Å². The fraction of sp³-hybridized carbons (Fsp3) is 0.619. The zero-order chi connectivity index (χ0) is 22.5. The third kappa shape index (κ3) is 6.29. The molecule has 166 valence electrons. The van der Waals surface area contributed by atoms with Gasteiger partial charge in [-0.2, -0.15) is 0 Å². The second-order valence-corrected chi connectivity index (χ2v) is 9.40. The van der Waals surface area contributed by atoms with Crippen LogP contribution >= 0.6 is 11.3 Å². The van der Waals surface area contributed by atoms with E-state index >= 15 is 0 Å². The summed E-state index contributed by atoms with van der Waals surface area (Å²) in [7, 11) is 2.57. The van der Waals surface area contributed by atoms with Gasteiger partial charge in [0.25, 0.3) is 0 Å². The zero-order valence-electron chi connectivity index (χ0n) is 18.1. The predicted octanol–water partition coefficient (Wildman–Crippen LogP) is 3.43. The van der Waals surface area contributed by atoms with Gasteiger partial charge in [-0.15, -0.1) is 11.3 Å². The molecule has 1 aliphatic heterocycles. The third-order valence-corrected chi connectivity index (χ3v) is 5.97. The summed E-state index contributed by atoms with van der Waals surface area (Å²) in [4.78, 5) is 51.8. The molecule has 2 heterocycles. The van der Waals surface area contributed by atoms with Gasteiger partial charge in [-0.25, -0.2) is 14.5 Å². The highest BCUT2D eigenvalue weighted by molar-refractivity contribution is 7.13. The molecule has 1 fully saturated rings. The summed E-state index contributed by atoms with van der Waals surface area (Å²) in [5.41, 5.74) is -0.750. The Balaban J connectivity index is 2.10. The molecule has 9 heteroatoms. The summed E-state index contributed by atoms with van der Waals surface area (Å²) in [5, 5.41) is 0. The van der Waals surface area contributed by atoms with Crippen molar-refractivity contribution in [3.8, 4) is 0 Å². The summed E-state index contributed by atoms with van der Waals surface area (Å²) >= 11 is 1.37. The van der Waals surface area contributed by atoms with E-state index in [0.29, 0.717) is 30.6 Å². The maximum Gasteiger partial charge on any atom is 0.417 e. The van der Waals surface area contributed by atoms with Crippen molar-refractivity contribution in [3.05, 3.63) is 21.9 Å². The van der Waals surface area contributed by atoms with Crippen LogP contribution in [0.5, 0.6) is 0 Å². The van der Waals surface area contributed by atoms with Crippen LogP contribution in [0.1, 0.15) is 54.6 Å². The summed E-state index contributed by atoms with van der Waals surface area (Å²) in [5.74, 6) is -2.60. The van der Waals surface area contributed by atoms with Gasteiger partial charge in [0, 0.05) is 11.4 Å². The molecule has 0 saturated carbocycles. The number of hydrogen-bond acceptors (Lipinski definition) is 8. The number of methoxy groups -OCH3 is 2. The third-order valence-electron chi connectivity index (χ3n) is 4.84. The molecule has 1 saturated heterocycles. The smallest absolute Gasteiger partial charge is 0.417 e. The number of thiophene rings is 1. The van der Waals surface area contributed by atoms with Crippen LogP contribution in [0.25, 0.3) is 0 Å². The molecule has 0 aromatic carbocycles. The van der Waals surface area contributed by atoms with E-state index in [9.17, 15) is 19.2 Å². The van der Waals surface area contributed by atoms with Crippen LogP contribution in [0.3, 0.4) is 0 Å². The van der Waals surface area contributed by atoms with Crippen molar-refractivity contribution in [3.63, 3.8) is 0 Å². The molecule has 0 radical (unpaired) electrons. The average molecular weight is 440 g/mol. The molecule has 30 heavy (non-hydrogen) atoms. The van der Waals surface area contributed by atoms with Crippen molar-refractivity contribution in [2.45, 2.75) is 52.1 Å². The number of carbonyl (C=O) groups excluding carboxylic acids is 4. The minimum Gasteiger partial charge on any atom is -0.468 e. The van der Waals surface area contributed by atoms with Crippen molar-refractivity contribution in [1.82, 2.24) is 4.90 Å². The highest BCUT2D eigenvalue weighted by Crippen LogP contribution is 2.30. The van der Waals surface area contributed by atoms with E-state index in [4.69, 9.17) is 14.2 Å². The molecule has 0 bridgehead atoms. The molecular formula is C21H29NO7S. The Morgan fingerprint density at radius 3 is 2.47 bits per heavy atom. The first kappa shape index (κ1) is 23.9. The number of carbonyl (C=O) groups is 4. The molecule has 0 aliphatic carbocycles. The van der Waals surface area contributed by atoms with Gasteiger partial charge in [-0.3, -0.25) is 9.59 Å². The molecule has 0 N–H and O–H groups in total. The van der Waals surface area contributed by atoms with Gasteiger partial charge in [0.05, 0.1) is 14.2 Å². The van der Waals surface area contributed by atoms with Gasteiger partial charge in [-0.05, 0) is 64.5 Å². The first-order valence-electron chi connectivity index (χ1n) is 9.85. The second-order valence-electron chi connectivity index (χ2n) is 8.23. The van der Waals surface area contributed by atoms with Crippen molar-refractivity contribution >= 4 is 35.3 Å². The molecular weight excluding hydrogens is 410 g/mol. The van der Waals surface area contributed by atoms with Gasteiger partial charge in [0.1, 0.15) is 16.4 Å². The van der Waals surface area contributed by atoms with Crippen LogP contribution < -0.4 is 0 Å². The highest BCUT2D eigenvalue weighted by Gasteiger charge is 2.40. The van der Waals surface area contributed by atoms with Gasteiger partial charge in [0.15, 0.2) is 0 Å². The van der Waals surface area contributed by atoms with Crippen LogP contribution in [0.15, 0.2) is 12.1 Å². The quantitative estimate of drug-likeness (QED) is 0.394. The number of nitrogens with zero attached hydrogens (tertiary/aromatic N) is 1. The molecule has 1 aromatic heterocycles. The number of rotatable bonds is 5. The minimum atomic E-state index is -1.04. The number of aryl methyl sites for hydroxylation is 1. The van der Waals surface area contributed by atoms with E-state index in [-0.39, 0.29) is 18.4 Å². The maximum absolute atomic E-state index is 12.9. The van der Waals surface area contributed by atoms with Crippen molar-refractivity contribution in [2.24, 2.45) is 11.8 Å². The molecule has 2 rings (SSSR count). The topological polar surface area (TPSA) is 99.2 Å². The molecule has 1 aromatic rings. The number of hydrogen-bond donors (Lipinski definition) is 0. The lowest BCUT2D eigenvalue weighted by Gasteiger charge is -2.26. The van der Waals surface area contributed by atoms with Gasteiger partial charge in [0.2, 0.25) is 5.91 Å². The van der Waals surface area contributed by atoms with E-state index in [1.807, 2.05) is 6.07 Å². The monoisotopic (exact) mass is 439 g/mol. The van der Waals surface area contributed by atoms with E-state index in [2.05, 4.69) is 0 Å². The fourth-order valence-corrected chi connectivity index (χ4v) is 4.27. The molecule has 1 aliphatic rings. The summed E-state index contributed by atoms with van der Waals surface area (Å²) < 4.78 is 14.9. The highest BCUT2D eigenvalue weighted by atomic mass is 32.1. The van der Waals surface area contributed by atoms with Gasteiger partial charge >= 0.3 is 18.0 Å². The SMILES string of the molecule is COC(=O)c1ccc(CCC2CCN(C(=O)OC(C)(C)C)C(=O)C(C(=O)OC)C2)s1. The number of likely N-dealkylation sites (tertiary alicyclic amines) is 1. The van der Waals surface area contributed by atoms with Crippen LogP contribution in [-0.2, 0) is 30.2 Å². The normalized spacial score (nSPS) is 19.8. The lowest BCUT2D eigenvalue weighted by molar-refractivity contribution is -0.153. The Labute approximate surface area is 180 Å². The second kappa shape index (κ2) is 10.1. The Hall–Kier alpha value is -2.42. The largest absolute Gasteiger partial charge is 0.468 e. The van der Waals surface area contributed by atoms with Crippen LogP contribution in [-0.4, -0.2) is 55.2 Å². The lowest BCUT2D eigenvalue weighted by atomic mass is 9.89. The average Bonchev–Trinajstić information content (AvgIpc) is 3.08. The molecule has 0 spiro atoms. The Bertz CT molecular complexity index is 796. The summed E-state index contributed by atoms with van der Waals surface area (Å²) in [6.45, 7) is 5.34.